The lowest BCUT2D eigenvalue weighted by Crippen LogP contribution is -2.33. The van der Waals surface area contributed by atoms with Crippen molar-refractivity contribution in [2.24, 2.45) is 0 Å². The van der Waals surface area contributed by atoms with E-state index < -0.39 is 0 Å². The topological polar surface area (TPSA) is 3.88 Å². The van der Waals surface area contributed by atoms with Crippen LogP contribution >= 0.6 is 0 Å². The van der Waals surface area contributed by atoms with E-state index in [2.05, 4.69) is 42.9 Å². The second-order valence-electron chi connectivity index (χ2n) is 7.44. The van der Waals surface area contributed by atoms with Crippen molar-refractivity contribution in [1.82, 2.24) is 0 Å². The number of aromatic nitrogens is 1. The van der Waals surface area contributed by atoms with E-state index in [0.717, 1.165) is 0 Å². The van der Waals surface area contributed by atoms with E-state index in [1.54, 1.807) is 0 Å². The molecule has 1 rings (SSSR count). The predicted octanol–water partition coefficient (Wildman–Crippen LogP) is 7.02. The molecule has 0 unspecified atom stereocenters. The zero-order chi connectivity index (χ0) is 17.3. The predicted molar refractivity (Wildman–Crippen MR) is 106 cm³/mol. The van der Waals surface area contributed by atoms with Gasteiger partial charge in [-0.05, 0) is 25.3 Å². The van der Waals surface area contributed by atoms with Crippen LogP contribution in [-0.2, 0) is 13.0 Å². The van der Waals surface area contributed by atoms with Gasteiger partial charge in [-0.3, -0.25) is 0 Å². The van der Waals surface area contributed by atoms with Crippen LogP contribution in [0.3, 0.4) is 0 Å². The van der Waals surface area contributed by atoms with Crippen molar-refractivity contribution in [2.45, 2.75) is 117 Å². The lowest BCUT2D eigenvalue weighted by Gasteiger charge is -2.03. The summed E-state index contributed by atoms with van der Waals surface area (Å²) in [5.41, 5.74) is 1.52. The Labute approximate surface area is 151 Å². The molecule has 0 N–H and O–H groups in total. The molecular formula is C23H42N+. The van der Waals surface area contributed by atoms with Gasteiger partial charge in [-0.25, -0.2) is 4.57 Å². The molecule has 1 aromatic heterocycles. The van der Waals surface area contributed by atoms with Crippen LogP contribution < -0.4 is 4.57 Å². The molecule has 0 aromatic carbocycles. The first-order chi connectivity index (χ1) is 11.9. The molecule has 0 amide bonds. The van der Waals surface area contributed by atoms with Crippen LogP contribution in [0.2, 0.25) is 0 Å². The van der Waals surface area contributed by atoms with Crippen LogP contribution in [0.4, 0.5) is 0 Å². The second-order valence-corrected chi connectivity index (χ2v) is 7.44. The molecule has 0 saturated heterocycles. The fourth-order valence-corrected chi connectivity index (χ4v) is 3.40. The van der Waals surface area contributed by atoms with Gasteiger partial charge in [0, 0.05) is 18.1 Å². The van der Waals surface area contributed by atoms with E-state index in [4.69, 9.17) is 0 Å². The Hall–Kier alpha value is -0.850. The summed E-state index contributed by atoms with van der Waals surface area (Å²) in [5.74, 6) is 0. The van der Waals surface area contributed by atoms with E-state index in [0.29, 0.717) is 0 Å². The fraction of sp³-hybridized carbons (Fsp3) is 0.783. The molecule has 1 heteroatoms. The third-order valence-electron chi connectivity index (χ3n) is 5.01. The Balaban J connectivity index is 2.07. The maximum atomic E-state index is 2.41. The van der Waals surface area contributed by atoms with Gasteiger partial charge in [0.15, 0.2) is 12.4 Å². The number of nitrogens with zero attached hydrogens (tertiary/aromatic N) is 1. The highest BCUT2D eigenvalue weighted by Gasteiger charge is 2.03. The van der Waals surface area contributed by atoms with Gasteiger partial charge in [-0.2, -0.15) is 0 Å². The highest BCUT2D eigenvalue weighted by Crippen LogP contribution is 2.10. The number of hydrogen-bond acceptors (Lipinski definition) is 0. The summed E-state index contributed by atoms with van der Waals surface area (Å²) in [6.07, 6.45) is 25.4. The van der Waals surface area contributed by atoms with E-state index >= 15 is 0 Å². The van der Waals surface area contributed by atoms with Crippen molar-refractivity contribution >= 4 is 0 Å². The molecule has 0 fully saturated rings. The molecule has 0 atom stereocenters. The summed E-state index contributed by atoms with van der Waals surface area (Å²) in [6.45, 7) is 5.77. The second kappa shape index (κ2) is 15.7. The Kier molecular flexibility index (Phi) is 13.8. The van der Waals surface area contributed by atoms with Gasteiger partial charge in [0.1, 0.15) is 6.54 Å². The molecule has 0 aliphatic carbocycles. The normalized spacial score (nSPS) is 11.1. The number of aryl methyl sites for hydroxylation is 2. The van der Waals surface area contributed by atoms with Crippen molar-refractivity contribution < 1.29 is 4.57 Å². The molecule has 1 heterocycles. The molecule has 1 aromatic rings. The summed E-state index contributed by atoms with van der Waals surface area (Å²) in [4.78, 5) is 0. The van der Waals surface area contributed by atoms with Gasteiger partial charge in [-0.1, -0.05) is 84.5 Å². The first kappa shape index (κ1) is 21.2. The van der Waals surface area contributed by atoms with Gasteiger partial charge in [0.05, 0.1) is 0 Å². The molecule has 138 valence electrons. The van der Waals surface area contributed by atoms with Gasteiger partial charge in [0.2, 0.25) is 0 Å². The van der Waals surface area contributed by atoms with E-state index in [9.17, 15) is 0 Å². The van der Waals surface area contributed by atoms with Crippen LogP contribution in [-0.4, -0.2) is 0 Å². The molecular weight excluding hydrogens is 290 g/mol. The Morgan fingerprint density at radius 1 is 0.667 bits per heavy atom. The minimum atomic E-state index is 1.19. The van der Waals surface area contributed by atoms with Crippen LogP contribution in [0.1, 0.15) is 109 Å². The van der Waals surface area contributed by atoms with Crippen molar-refractivity contribution in [3.8, 4) is 0 Å². The molecule has 1 nitrogen and oxygen atoms in total. The summed E-state index contributed by atoms with van der Waals surface area (Å²) in [6, 6.07) is 4.54. The van der Waals surface area contributed by atoms with Crippen molar-refractivity contribution in [1.29, 1.82) is 0 Å². The molecule has 24 heavy (non-hydrogen) atoms. The number of pyridine rings is 1. The average molecular weight is 333 g/mol. The number of unbranched alkanes of at least 4 members (excludes halogenated alkanes) is 12. The summed E-state index contributed by atoms with van der Waals surface area (Å²) < 4.78 is 2.41. The van der Waals surface area contributed by atoms with Gasteiger partial charge < -0.3 is 0 Å². The Morgan fingerprint density at radius 2 is 1.21 bits per heavy atom. The van der Waals surface area contributed by atoms with Crippen LogP contribution in [0.15, 0.2) is 24.5 Å². The zero-order valence-corrected chi connectivity index (χ0v) is 16.6. The summed E-state index contributed by atoms with van der Waals surface area (Å²) in [7, 11) is 0. The molecule has 0 aliphatic rings. The van der Waals surface area contributed by atoms with E-state index in [1.807, 2.05) is 0 Å². The minimum Gasteiger partial charge on any atom is -0.205 e. The maximum Gasteiger partial charge on any atom is 0.171 e. The van der Waals surface area contributed by atoms with Crippen LogP contribution in [0, 0.1) is 0 Å². The minimum absolute atomic E-state index is 1.19. The highest BCUT2D eigenvalue weighted by molar-refractivity contribution is 5.05. The third kappa shape index (κ3) is 11.6. The SMILES string of the molecule is CCCCCCCCCC[n+]1cccc(CCCCCCCC)c1. The quantitative estimate of drug-likeness (QED) is 0.226. The van der Waals surface area contributed by atoms with Gasteiger partial charge in [0.25, 0.3) is 0 Å². The number of rotatable bonds is 16. The molecule has 0 radical (unpaired) electrons. The van der Waals surface area contributed by atoms with Gasteiger partial charge in [-0.15, -0.1) is 0 Å². The third-order valence-corrected chi connectivity index (χ3v) is 5.01. The van der Waals surface area contributed by atoms with E-state index in [-0.39, 0.29) is 0 Å². The van der Waals surface area contributed by atoms with Crippen molar-refractivity contribution in [3.63, 3.8) is 0 Å². The smallest absolute Gasteiger partial charge is 0.171 e. The summed E-state index contributed by atoms with van der Waals surface area (Å²) in [5, 5.41) is 0. The zero-order valence-electron chi connectivity index (χ0n) is 16.6. The Morgan fingerprint density at radius 3 is 1.83 bits per heavy atom. The van der Waals surface area contributed by atoms with Crippen molar-refractivity contribution in [3.05, 3.63) is 30.1 Å². The standard InChI is InChI=1S/C23H42N/c1-3-5-7-9-11-12-14-16-20-24-21-17-19-23(22-24)18-15-13-10-8-6-4-2/h17,19,21-22H,3-16,18,20H2,1-2H3/q+1. The first-order valence-electron chi connectivity index (χ1n) is 10.8. The highest BCUT2D eigenvalue weighted by atomic mass is 14.9. The summed E-state index contributed by atoms with van der Waals surface area (Å²) >= 11 is 0. The molecule has 0 aliphatic heterocycles. The Bertz CT molecular complexity index is 385. The maximum absolute atomic E-state index is 2.41. The van der Waals surface area contributed by atoms with Crippen LogP contribution in [0.25, 0.3) is 0 Å². The molecule has 0 spiro atoms. The lowest BCUT2D eigenvalue weighted by atomic mass is 10.1. The molecule has 0 bridgehead atoms. The average Bonchev–Trinajstić information content (AvgIpc) is 2.61. The monoisotopic (exact) mass is 332 g/mol. The largest absolute Gasteiger partial charge is 0.205 e. The van der Waals surface area contributed by atoms with Crippen molar-refractivity contribution in [2.75, 3.05) is 0 Å². The lowest BCUT2D eigenvalue weighted by molar-refractivity contribution is -0.697. The fourth-order valence-electron chi connectivity index (χ4n) is 3.40. The van der Waals surface area contributed by atoms with Crippen LogP contribution in [0.5, 0.6) is 0 Å². The number of hydrogen-bond donors (Lipinski definition) is 0. The molecule has 0 saturated carbocycles. The van der Waals surface area contributed by atoms with E-state index in [1.165, 1.54) is 108 Å². The first-order valence-corrected chi connectivity index (χ1v) is 10.8. The van der Waals surface area contributed by atoms with Gasteiger partial charge >= 0.3 is 0 Å².